The van der Waals surface area contributed by atoms with Crippen LogP contribution in [0.2, 0.25) is 0 Å². The van der Waals surface area contributed by atoms with Gasteiger partial charge in [0.05, 0.1) is 0 Å². The lowest BCUT2D eigenvalue weighted by atomic mass is 9.92. The van der Waals surface area contributed by atoms with Crippen LogP contribution in [0.15, 0.2) is 0 Å². The number of ether oxygens (including phenoxy) is 1. The number of primary amides is 1. The van der Waals surface area contributed by atoms with Gasteiger partial charge in [-0.3, -0.25) is 14.4 Å². The lowest BCUT2D eigenvalue weighted by Crippen LogP contribution is -2.60. The zero-order valence-corrected chi connectivity index (χ0v) is 20.7. The van der Waals surface area contributed by atoms with Gasteiger partial charge in [0.1, 0.15) is 23.2 Å². The Morgan fingerprint density at radius 1 is 1.03 bits per heavy atom. The highest BCUT2D eigenvalue weighted by atomic mass is 16.6. The van der Waals surface area contributed by atoms with Crippen molar-refractivity contribution in [1.82, 2.24) is 15.5 Å². The summed E-state index contributed by atoms with van der Waals surface area (Å²) < 4.78 is 5.36. The van der Waals surface area contributed by atoms with Crippen molar-refractivity contribution in [3.05, 3.63) is 0 Å². The van der Waals surface area contributed by atoms with E-state index in [1.807, 2.05) is 0 Å². The molecule has 188 valence electrons. The summed E-state index contributed by atoms with van der Waals surface area (Å²) in [5.41, 5.74) is 3.81. The maximum atomic E-state index is 13.4. The summed E-state index contributed by atoms with van der Waals surface area (Å²) in [5, 5.41) is 5.57. The third kappa shape index (κ3) is 8.19. The van der Waals surface area contributed by atoms with Crippen molar-refractivity contribution < 1.29 is 23.9 Å². The van der Waals surface area contributed by atoms with E-state index < -0.39 is 35.2 Å². The summed E-state index contributed by atoms with van der Waals surface area (Å²) in [6.07, 6.45) is 8.18. The maximum absolute atomic E-state index is 13.4. The number of carbonyl (C=O) groups excluding carboxylic acids is 4. The quantitative estimate of drug-likeness (QED) is 0.576. The summed E-state index contributed by atoms with van der Waals surface area (Å²) in [5.74, 6) is -1.23. The first-order valence-electron chi connectivity index (χ1n) is 12.3. The molecule has 9 heteroatoms. The van der Waals surface area contributed by atoms with E-state index in [4.69, 9.17) is 10.5 Å². The molecule has 33 heavy (non-hydrogen) atoms. The molecule has 2 aliphatic rings. The average molecular weight is 467 g/mol. The summed E-state index contributed by atoms with van der Waals surface area (Å²) >= 11 is 0. The first-order chi connectivity index (χ1) is 15.4. The molecule has 2 fully saturated rings. The largest absolute Gasteiger partial charge is 0.444 e. The second-order valence-corrected chi connectivity index (χ2v) is 10.6. The summed E-state index contributed by atoms with van der Waals surface area (Å²) in [7, 11) is 0. The number of nitrogens with two attached hydrogens (primary N) is 1. The van der Waals surface area contributed by atoms with Crippen LogP contribution >= 0.6 is 0 Å². The molecular formula is C24H42N4O5. The van der Waals surface area contributed by atoms with Crippen LogP contribution in [0, 0.1) is 0 Å². The molecule has 3 atom stereocenters. The van der Waals surface area contributed by atoms with Gasteiger partial charge in [0, 0.05) is 6.54 Å². The zero-order valence-electron chi connectivity index (χ0n) is 20.7. The minimum Gasteiger partial charge on any atom is -0.444 e. The summed E-state index contributed by atoms with van der Waals surface area (Å²) in [6.45, 7) is 7.39. The summed E-state index contributed by atoms with van der Waals surface area (Å²) in [6, 6.07) is -1.45. The van der Waals surface area contributed by atoms with E-state index in [0.717, 1.165) is 44.9 Å². The van der Waals surface area contributed by atoms with Crippen LogP contribution in [0.1, 0.15) is 98.3 Å². The third-order valence-corrected chi connectivity index (χ3v) is 6.44. The standard InChI is InChI=1S/C24H42N4O5/c1-23(2,3)33-22(32)26-17-13-10-8-6-5-7-9-11-15-24(4,21(25)31)27-19(29)18-14-12-16-28(18)20(17)30/h17-18H,5-16H2,1-4H3,(H2,25,31)(H,26,32)(H,27,29)/t17-,18-,24-/m0/s1. The van der Waals surface area contributed by atoms with E-state index in [1.54, 1.807) is 27.7 Å². The Balaban J connectivity index is 2.22. The molecule has 2 heterocycles. The van der Waals surface area contributed by atoms with Crippen molar-refractivity contribution in [2.24, 2.45) is 5.73 Å². The van der Waals surface area contributed by atoms with Gasteiger partial charge >= 0.3 is 6.09 Å². The molecule has 0 spiro atoms. The fraction of sp³-hybridized carbons (Fsp3) is 0.833. The van der Waals surface area contributed by atoms with Crippen LogP contribution < -0.4 is 16.4 Å². The molecule has 2 aliphatic heterocycles. The molecule has 0 aliphatic carbocycles. The van der Waals surface area contributed by atoms with Gasteiger partial charge in [0.2, 0.25) is 17.7 Å². The highest BCUT2D eigenvalue weighted by Crippen LogP contribution is 2.23. The number of carbonyl (C=O) groups is 4. The molecule has 0 aromatic rings. The van der Waals surface area contributed by atoms with Crippen LogP contribution in [-0.4, -0.2) is 58.5 Å². The molecule has 0 aromatic heterocycles. The van der Waals surface area contributed by atoms with Crippen LogP contribution in [0.25, 0.3) is 0 Å². The van der Waals surface area contributed by atoms with E-state index >= 15 is 0 Å². The van der Waals surface area contributed by atoms with Crippen molar-refractivity contribution in [2.75, 3.05) is 6.54 Å². The van der Waals surface area contributed by atoms with Crippen molar-refractivity contribution in [3.8, 4) is 0 Å². The molecule has 0 unspecified atom stereocenters. The fourth-order valence-corrected chi connectivity index (χ4v) is 4.52. The highest BCUT2D eigenvalue weighted by molar-refractivity contribution is 5.95. The topological polar surface area (TPSA) is 131 Å². The number of fused-ring (bicyclic) bond motifs is 1. The predicted octanol–water partition coefficient (Wildman–Crippen LogP) is 2.76. The van der Waals surface area contributed by atoms with Gasteiger partial charge in [0.15, 0.2) is 0 Å². The monoisotopic (exact) mass is 466 g/mol. The zero-order chi connectivity index (χ0) is 24.6. The van der Waals surface area contributed by atoms with Crippen LogP contribution in [0.5, 0.6) is 0 Å². The van der Waals surface area contributed by atoms with E-state index in [-0.39, 0.29) is 11.8 Å². The Kier molecular flexibility index (Phi) is 9.55. The predicted molar refractivity (Wildman–Crippen MR) is 125 cm³/mol. The number of hydrogen-bond acceptors (Lipinski definition) is 5. The van der Waals surface area contributed by atoms with Gasteiger partial charge in [-0.2, -0.15) is 0 Å². The minimum atomic E-state index is -1.15. The van der Waals surface area contributed by atoms with Gasteiger partial charge in [0.25, 0.3) is 0 Å². The average Bonchev–Trinajstić information content (AvgIpc) is 3.19. The molecule has 2 rings (SSSR count). The molecule has 4 amide bonds. The molecule has 0 aromatic carbocycles. The van der Waals surface area contributed by atoms with Gasteiger partial charge in [-0.1, -0.05) is 44.9 Å². The van der Waals surface area contributed by atoms with Crippen LogP contribution in [0.3, 0.4) is 0 Å². The number of nitrogens with zero attached hydrogens (tertiary/aromatic N) is 1. The van der Waals surface area contributed by atoms with E-state index in [2.05, 4.69) is 10.6 Å². The Bertz CT molecular complexity index is 720. The third-order valence-electron chi connectivity index (χ3n) is 6.44. The van der Waals surface area contributed by atoms with Gasteiger partial charge in [-0.05, 0) is 53.4 Å². The number of alkyl carbamates (subject to hydrolysis) is 1. The van der Waals surface area contributed by atoms with Crippen molar-refractivity contribution in [2.45, 2.75) is 122 Å². The normalized spacial score (nSPS) is 28.5. The number of rotatable bonds is 2. The minimum absolute atomic E-state index is 0.286. The Labute approximate surface area is 197 Å². The molecule has 2 saturated heterocycles. The molecular weight excluding hydrogens is 424 g/mol. The van der Waals surface area contributed by atoms with Crippen molar-refractivity contribution >= 4 is 23.8 Å². The van der Waals surface area contributed by atoms with E-state index in [9.17, 15) is 19.2 Å². The second-order valence-electron chi connectivity index (χ2n) is 10.6. The summed E-state index contributed by atoms with van der Waals surface area (Å²) in [4.78, 5) is 52.7. The molecule has 9 nitrogen and oxygen atoms in total. The fourth-order valence-electron chi connectivity index (χ4n) is 4.52. The highest BCUT2D eigenvalue weighted by Gasteiger charge is 2.41. The Morgan fingerprint density at radius 2 is 1.64 bits per heavy atom. The van der Waals surface area contributed by atoms with Gasteiger partial charge < -0.3 is 26.0 Å². The maximum Gasteiger partial charge on any atom is 0.408 e. The van der Waals surface area contributed by atoms with Crippen molar-refractivity contribution in [1.29, 1.82) is 0 Å². The first-order valence-corrected chi connectivity index (χ1v) is 12.3. The van der Waals surface area contributed by atoms with Crippen LogP contribution in [-0.2, 0) is 19.1 Å². The van der Waals surface area contributed by atoms with Gasteiger partial charge in [-0.15, -0.1) is 0 Å². The second kappa shape index (κ2) is 11.7. The Morgan fingerprint density at radius 3 is 2.24 bits per heavy atom. The van der Waals surface area contributed by atoms with Crippen molar-refractivity contribution in [3.63, 3.8) is 0 Å². The number of nitrogens with one attached hydrogen (secondary N) is 2. The van der Waals surface area contributed by atoms with Gasteiger partial charge in [-0.25, -0.2) is 4.79 Å². The lowest BCUT2D eigenvalue weighted by Gasteiger charge is -2.33. The molecule has 0 bridgehead atoms. The van der Waals surface area contributed by atoms with E-state index in [1.165, 1.54) is 4.90 Å². The van der Waals surface area contributed by atoms with Crippen LogP contribution in [0.4, 0.5) is 4.79 Å². The number of amides is 4. The number of hydrogen-bond donors (Lipinski definition) is 3. The molecule has 0 saturated carbocycles. The van der Waals surface area contributed by atoms with E-state index in [0.29, 0.717) is 32.2 Å². The molecule has 4 N–H and O–H groups in total. The molecule has 0 radical (unpaired) electrons. The smallest absolute Gasteiger partial charge is 0.408 e. The first kappa shape index (κ1) is 26.9. The lowest BCUT2D eigenvalue weighted by molar-refractivity contribution is -0.142. The SMILES string of the molecule is CC(C)(C)OC(=O)N[C@H]1CCCCCCCCC[C@@](C)(C(N)=O)NC(=O)[C@@H]2CCCN2C1=O. The Hall–Kier alpha value is -2.32.